The second-order valence-electron chi connectivity index (χ2n) is 9.84. The zero-order valence-electron chi connectivity index (χ0n) is 22.8. The zero-order valence-corrected chi connectivity index (χ0v) is 24.3. The van der Waals surface area contributed by atoms with E-state index in [1.807, 2.05) is 24.3 Å². The van der Waals surface area contributed by atoms with Crippen molar-refractivity contribution in [2.24, 2.45) is 11.8 Å². The first-order valence-corrected chi connectivity index (χ1v) is 13.8. The lowest BCUT2D eigenvalue weighted by Crippen LogP contribution is -2.47. The van der Waals surface area contributed by atoms with Crippen LogP contribution in [0.3, 0.4) is 0 Å². The Labute approximate surface area is 251 Å². The van der Waals surface area contributed by atoms with Crippen LogP contribution in [0.15, 0.2) is 42.6 Å². The number of fused-ring (bicyclic) bond motifs is 3. The van der Waals surface area contributed by atoms with Crippen LogP contribution >= 0.6 is 23.8 Å². The van der Waals surface area contributed by atoms with E-state index in [9.17, 15) is 9.59 Å². The normalized spacial score (nSPS) is 21.5. The molecule has 0 bridgehead atoms. The Morgan fingerprint density at radius 3 is 2.36 bits per heavy atom. The monoisotopic (exact) mass is 611 g/mol. The molecule has 3 aliphatic rings. The maximum absolute atomic E-state index is 13.4. The molecule has 3 heterocycles. The fourth-order valence-corrected chi connectivity index (χ4v) is 6.36. The summed E-state index contributed by atoms with van der Waals surface area (Å²) in [6.07, 6.45) is 1.49. The molecule has 0 unspecified atom stereocenters. The lowest BCUT2D eigenvalue weighted by Gasteiger charge is -2.40. The number of rotatable bonds is 6. The lowest BCUT2D eigenvalue weighted by atomic mass is 9.65. The van der Waals surface area contributed by atoms with Crippen molar-refractivity contribution in [3.8, 4) is 28.7 Å². The molecule has 218 valence electrons. The Balaban J connectivity index is 1.43. The molecule has 1 amide bonds. The number of benzene rings is 2. The van der Waals surface area contributed by atoms with Crippen molar-refractivity contribution >= 4 is 40.8 Å². The van der Waals surface area contributed by atoms with Gasteiger partial charge in [0.15, 0.2) is 28.1 Å². The topological polar surface area (TPSA) is 126 Å². The summed E-state index contributed by atoms with van der Waals surface area (Å²) in [6, 6.07) is 10.1. The van der Waals surface area contributed by atoms with Crippen molar-refractivity contribution in [2.75, 3.05) is 34.7 Å². The van der Waals surface area contributed by atoms with Crippen LogP contribution < -0.4 is 34.3 Å². The molecule has 42 heavy (non-hydrogen) atoms. The molecule has 1 saturated heterocycles. The SMILES string of the molecule is COc1cc([C@@H]2c3cc4c(cc3[C@@H](NC(=S)NC(=O)c3cccnc3Cl)[C@H]3COC(=O)[C@H]23)OCO4)cc(OC)c1OC. The van der Waals surface area contributed by atoms with Crippen LogP contribution in [0.25, 0.3) is 0 Å². The summed E-state index contributed by atoms with van der Waals surface area (Å²) in [7, 11) is 4.60. The van der Waals surface area contributed by atoms with Crippen LogP contribution in [0.1, 0.15) is 39.0 Å². The van der Waals surface area contributed by atoms with E-state index in [0.717, 1.165) is 16.7 Å². The molecule has 3 aromatic rings. The fourth-order valence-electron chi connectivity index (χ4n) is 5.93. The van der Waals surface area contributed by atoms with Crippen molar-refractivity contribution in [2.45, 2.75) is 12.0 Å². The second-order valence-corrected chi connectivity index (χ2v) is 10.6. The van der Waals surface area contributed by atoms with Gasteiger partial charge in [-0.2, -0.15) is 0 Å². The molecule has 13 heteroatoms. The summed E-state index contributed by atoms with van der Waals surface area (Å²) >= 11 is 11.7. The molecular weight excluding hydrogens is 586 g/mol. The van der Waals surface area contributed by atoms with Crippen LogP contribution in [-0.2, 0) is 9.53 Å². The van der Waals surface area contributed by atoms with Crippen molar-refractivity contribution in [1.82, 2.24) is 15.6 Å². The van der Waals surface area contributed by atoms with Gasteiger partial charge in [-0.15, -0.1) is 0 Å². The molecule has 0 saturated carbocycles. The van der Waals surface area contributed by atoms with E-state index in [2.05, 4.69) is 15.6 Å². The molecule has 2 aliphatic heterocycles. The van der Waals surface area contributed by atoms with Gasteiger partial charge in [0.25, 0.3) is 5.91 Å². The largest absolute Gasteiger partial charge is 0.493 e. The second kappa shape index (κ2) is 11.2. The number of amides is 1. The van der Waals surface area contributed by atoms with Gasteiger partial charge in [0.2, 0.25) is 12.5 Å². The molecule has 2 aromatic carbocycles. The number of nitrogens with one attached hydrogen (secondary N) is 2. The van der Waals surface area contributed by atoms with Gasteiger partial charge in [0, 0.05) is 18.0 Å². The summed E-state index contributed by atoms with van der Waals surface area (Å²) in [5.41, 5.74) is 2.55. The molecule has 0 radical (unpaired) electrons. The standard InChI is InChI=1S/C29H26ClN3O8S/c1-36-20-7-13(8-21(37-2)25(20)38-3)22-15-9-18-19(41-12-40-18)10-16(15)24(17-11-39-28(35)23(17)22)32-29(42)33-27(34)14-5-4-6-31-26(14)30/h4-10,17,22-24H,11-12H2,1-3H3,(H2,32,33,34,42)/t17-,22+,23-,24+/m0/s1. The van der Waals surface area contributed by atoms with E-state index in [1.54, 1.807) is 12.1 Å². The van der Waals surface area contributed by atoms with Crippen LogP contribution in [0.4, 0.5) is 0 Å². The molecule has 1 aromatic heterocycles. The van der Waals surface area contributed by atoms with E-state index in [1.165, 1.54) is 27.5 Å². The number of nitrogens with zero attached hydrogens (tertiary/aromatic N) is 1. The van der Waals surface area contributed by atoms with Crippen LogP contribution in [0.5, 0.6) is 28.7 Å². The van der Waals surface area contributed by atoms with E-state index in [-0.39, 0.29) is 41.1 Å². The van der Waals surface area contributed by atoms with Crippen molar-refractivity contribution in [3.63, 3.8) is 0 Å². The van der Waals surface area contributed by atoms with Gasteiger partial charge in [0.05, 0.1) is 45.5 Å². The number of pyridine rings is 1. The van der Waals surface area contributed by atoms with E-state index >= 15 is 0 Å². The smallest absolute Gasteiger partial charge is 0.310 e. The van der Waals surface area contributed by atoms with Crippen molar-refractivity contribution in [3.05, 3.63) is 70.0 Å². The highest BCUT2D eigenvalue weighted by atomic mass is 35.5. The number of hydrogen-bond acceptors (Lipinski definition) is 10. The van der Waals surface area contributed by atoms with E-state index < -0.39 is 23.8 Å². The molecule has 1 fully saturated rings. The molecule has 6 rings (SSSR count). The number of halogens is 1. The number of esters is 1. The minimum absolute atomic E-state index is 0.0524. The third kappa shape index (κ3) is 4.70. The Hall–Kier alpha value is -4.29. The third-order valence-corrected chi connectivity index (χ3v) is 8.27. The van der Waals surface area contributed by atoms with Crippen LogP contribution in [0, 0.1) is 11.8 Å². The molecule has 1 aliphatic carbocycles. The minimum atomic E-state index is -0.607. The van der Waals surface area contributed by atoms with E-state index in [0.29, 0.717) is 28.7 Å². The van der Waals surface area contributed by atoms with Gasteiger partial charge < -0.3 is 33.7 Å². The van der Waals surface area contributed by atoms with Gasteiger partial charge in [0.1, 0.15) is 5.15 Å². The average molecular weight is 612 g/mol. The predicted octanol–water partition coefficient (Wildman–Crippen LogP) is 3.77. The number of hydrogen-bond donors (Lipinski definition) is 2. The maximum atomic E-state index is 13.4. The first kappa shape index (κ1) is 27.9. The fraction of sp³-hybridized carbons (Fsp3) is 0.310. The highest BCUT2D eigenvalue weighted by molar-refractivity contribution is 7.80. The Morgan fingerprint density at radius 2 is 1.71 bits per heavy atom. The maximum Gasteiger partial charge on any atom is 0.310 e. The van der Waals surface area contributed by atoms with Gasteiger partial charge >= 0.3 is 5.97 Å². The minimum Gasteiger partial charge on any atom is -0.493 e. The van der Waals surface area contributed by atoms with Crippen LogP contribution in [0.2, 0.25) is 5.15 Å². The number of ether oxygens (including phenoxy) is 6. The van der Waals surface area contributed by atoms with Gasteiger partial charge in [-0.1, -0.05) is 11.6 Å². The van der Waals surface area contributed by atoms with Crippen molar-refractivity contribution < 1.29 is 38.0 Å². The highest BCUT2D eigenvalue weighted by Crippen LogP contribution is 2.55. The molecular formula is C29H26ClN3O8S. The average Bonchev–Trinajstić information content (AvgIpc) is 3.61. The number of methoxy groups -OCH3 is 3. The van der Waals surface area contributed by atoms with Gasteiger partial charge in [-0.05, 0) is 65.3 Å². The number of thiocarbonyl (C=S) groups is 1. The Bertz CT molecular complexity index is 1580. The highest BCUT2D eigenvalue weighted by Gasteiger charge is 2.53. The van der Waals surface area contributed by atoms with Crippen LogP contribution in [-0.4, -0.2) is 56.7 Å². The first-order valence-electron chi connectivity index (χ1n) is 13.0. The summed E-state index contributed by atoms with van der Waals surface area (Å²) in [4.78, 5) is 30.2. The Morgan fingerprint density at radius 1 is 1.02 bits per heavy atom. The summed E-state index contributed by atoms with van der Waals surface area (Å²) < 4.78 is 33.8. The molecule has 11 nitrogen and oxygen atoms in total. The van der Waals surface area contributed by atoms with Gasteiger partial charge in [-0.25, -0.2) is 4.98 Å². The van der Waals surface area contributed by atoms with E-state index in [4.69, 9.17) is 52.2 Å². The summed E-state index contributed by atoms with van der Waals surface area (Å²) in [6.45, 7) is 0.210. The van der Waals surface area contributed by atoms with Gasteiger partial charge in [-0.3, -0.25) is 14.9 Å². The number of cyclic esters (lactones) is 1. The molecule has 4 atom stereocenters. The third-order valence-electron chi connectivity index (χ3n) is 7.75. The molecule has 2 N–H and O–H groups in total. The number of carbonyl (C=O) groups excluding carboxylic acids is 2. The summed E-state index contributed by atoms with van der Waals surface area (Å²) in [5, 5.41) is 6.03. The molecule has 0 spiro atoms. The zero-order chi connectivity index (χ0) is 29.5. The number of aromatic nitrogens is 1. The Kier molecular flexibility index (Phi) is 7.42. The first-order chi connectivity index (χ1) is 20.3. The quantitative estimate of drug-likeness (QED) is 0.240. The lowest BCUT2D eigenvalue weighted by molar-refractivity contribution is -0.141. The number of carbonyl (C=O) groups is 2. The van der Waals surface area contributed by atoms with Crippen molar-refractivity contribution in [1.29, 1.82) is 0 Å². The summed E-state index contributed by atoms with van der Waals surface area (Å²) in [5.74, 6) is 0.163. The predicted molar refractivity (Wildman–Crippen MR) is 154 cm³/mol.